The maximum atomic E-state index is 13.9. The Bertz CT molecular complexity index is 1020. The summed E-state index contributed by atoms with van der Waals surface area (Å²) in [6, 6.07) is 5.27. The molecular formula is C21H23F3N6O. The van der Waals surface area contributed by atoms with Crippen molar-refractivity contribution in [1.82, 2.24) is 14.9 Å². The van der Waals surface area contributed by atoms with Gasteiger partial charge in [-0.25, -0.2) is 0 Å². The predicted molar refractivity (Wildman–Crippen MR) is 108 cm³/mol. The molecule has 2 saturated heterocycles. The lowest BCUT2D eigenvalue weighted by Crippen LogP contribution is -2.45. The quantitative estimate of drug-likeness (QED) is 0.796. The number of aromatic nitrogens is 2. The Morgan fingerprint density at radius 3 is 2.61 bits per heavy atom. The first-order chi connectivity index (χ1) is 14.8. The van der Waals surface area contributed by atoms with Crippen LogP contribution >= 0.6 is 0 Å². The van der Waals surface area contributed by atoms with Crippen LogP contribution in [0.2, 0.25) is 0 Å². The fraction of sp³-hybridized carbons (Fsp3) is 0.524. The van der Waals surface area contributed by atoms with Crippen LogP contribution in [0, 0.1) is 29.1 Å². The molecule has 1 aromatic heterocycles. The lowest BCUT2D eigenvalue weighted by Gasteiger charge is -2.34. The smallest absolute Gasteiger partial charge is 0.369 e. The van der Waals surface area contributed by atoms with Gasteiger partial charge < -0.3 is 15.5 Å². The lowest BCUT2D eigenvalue weighted by atomic mass is 9.92. The highest BCUT2D eigenvalue weighted by Crippen LogP contribution is 2.41. The lowest BCUT2D eigenvalue weighted by molar-refractivity contribution is -0.180. The number of rotatable bonds is 4. The molecule has 1 unspecified atom stereocenters. The van der Waals surface area contributed by atoms with Gasteiger partial charge in [0.2, 0.25) is 5.91 Å². The number of nitrogens with zero attached hydrogens (tertiary/aromatic N) is 5. The second-order valence-electron chi connectivity index (χ2n) is 8.31. The van der Waals surface area contributed by atoms with Crippen LogP contribution in [0.15, 0.2) is 24.5 Å². The molecule has 1 aromatic carbocycles. The molecule has 10 heteroatoms. The minimum absolute atomic E-state index is 0.182. The summed E-state index contributed by atoms with van der Waals surface area (Å²) in [6.07, 6.45) is 0.0213. The van der Waals surface area contributed by atoms with Gasteiger partial charge in [-0.2, -0.15) is 18.4 Å². The molecule has 2 N–H and O–H groups in total. The van der Waals surface area contributed by atoms with E-state index in [1.807, 2.05) is 4.90 Å². The number of fused-ring (bicyclic) bond motifs is 1. The second kappa shape index (κ2) is 8.30. The molecule has 2 aromatic rings. The number of anilines is 1. The monoisotopic (exact) mass is 432 g/mol. The van der Waals surface area contributed by atoms with Gasteiger partial charge in [0.1, 0.15) is 17.1 Å². The summed E-state index contributed by atoms with van der Waals surface area (Å²) in [6.45, 7) is 1.35. The average Bonchev–Trinajstić information content (AvgIpc) is 3.17. The topological polar surface area (TPSA) is 99.1 Å². The van der Waals surface area contributed by atoms with Crippen LogP contribution in [0.1, 0.15) is 18.4 Å². The van der Waals surface area contributed by atoms with Crippen LogP contribution in [-0.2, 0) is 4.79 Å². The number of hydrogen-bond donors (Lipinski definition) is 1. The summed E-state index contributed by atoms with van der Waals surface area (Å²) >= 11 is 0. The third kappa shape index (κ3) is 4.28. The van der Waals surface area contributed by atoms with Gasteiger partial charge in [-0.1, -0.05) is 0 Å². The SMILES string of the molecule is N#Cc1ccc(N2C[C@H](CN3CCCC(C(N)=O)C3)[C@@H](C(F)(F)F)C2)c2nccnc12. The number of halogens is 3. The van der Waals surface area contributed by atoms with E-state index in [2.05, 4.69) is 16.0 Å². The van der Waals surface area contributed by atoms with E-state index < -0.39 is 23.9 Å². The van der Waals surface area contributed by atoms with Crippen molar-refractivity contribution in [1.29, 1.82) is 5.26 Å². The Hall–Kier alpha value is -2.93. The maximum absolute atomic E-state index is 13.9. The van der Waals surface area contributed by atoms with Crippen LogP contribution in [-0.4, -0.2) is 59.7 Å². The average molecular weight is 432 g/mol. The Morgan fingerprint density at radius 2 is 1.94 bits per heavy atom. The molecule has 3 heterocycles. The van der Waals surface area contributed by atoms with Gasteiger partial charge in [-0.15, -0.1) is 0 Å². The van der Waals surface area contributed by atoms with Gasteiger partial charge in [0, 0.05) is 44.5 Å². The molecule has 0 aliphatic carbocycles. The number of hydrogen-bond acceptors (Lipinski definition) is 6. The van der Waals surface area contributed by atoms with Crippen molar-refractivity contribution in [2.45, 2.75) is 19.0 Å². The van der Waals surface area contributed by atoms with Gasteiger partial charge >= 0.3 is 6.18 Å². The fourth-order valence-corrected chi connectivity index (χ4v) is 4.80. The first-order valence-electron chi connectivity index (χ1n) is 10.2. The molecule has 7 nitrogen and oxygen atoms in total. The van der Waals surface area contributed by atoms with E-state index in [4.69, 9.17) is 5.73 Å². The fourth-order valence-electron chi connectivity index (χ4n) is 4.80. The van der Waals surface area contributed by atoms with Crippen molar-refractivity contribution in [3.05, 3.63) is 30.1 Å². The van der Waals surface area contributed by atoms with Crippen molar-refractivity contribution in [2.75, 3.05) is 37.6 Å². The molecular weight excluding hydrogens is 409 g/mol. The summed E-state index contributed by atoms with van der Waals surface area (Å²) in [7, 11) is 0. The summed E-state index contributed by atoms with van der Waals surface area (Å²) in [5, 5.41) is 9.31. The van der Waals surface area contributed by atoms with Crippen LogP contribution in [0.25, 0.3) is 11.0 Å². The van der Waals surface area contributed by atoms with Crippen LogP contribution in [0.4, 0.5) is 18.9 Å². The molecule has 3 atom stereocenters. The van der Waals surface area contributed by atoms with Gasteiger partial charge in [-0.05, 0) is 31.5 Å². The molecule has 4 rings (SSSR count). The number of nitrogens with two attached hydrogens (primary N) is 1. The third-order valence-corrected chi connectivity index (χ3v) is 6.33. The van der Waals surface area contributed by atoms with Crippen molar-refractivity contribution in [2.24, 2.45) is 23.5 Å². The predicted octanol–water partition coefficient (Wildman–Crippen LogP) is 2.31. The number of alkyl halides is 3. The van der Waals surface area contributed by atoms with Crippen LogP contribution < -0.4 is 10.6 Å². The van der Waals surface area contributed by atoms with E-state index in [0.717, 1.165) is 6.42 Å². The number of carbonyl (C=O) groups excluding carboxylic acids is 1. The molecule has 0 spiro atoms. The molecule has 1 amide bonds. The van der Waals surface area contributed by atoms with Crippen molar-refractivity contribution < 1.29 is 18.0 Å². The van der Waals surface area contributed by atoms with Crippen molar-refractivity contribution in [3.63, 3.8) is 0 Å². The Kier molecular flexibility index (Phi) is 5.71. The van der Waals surface area contributed by atoms with Crippen LogP contribution in [0.3, 0.4) is 0 Å². The van der Waals surface area contributed by atoms with Gasteiger partial charge in [0.15, 0.2) is 0 Å². The normalized spacial score (nSPS) is 25.0. The zero-order chi connectivity index (χ0) is 22.2. The zero-order valence-corrected chi connectivity index (χ0v) is 16.8. The molecule has 0 saturated carbocycles. The summed E-state index contributed by atoms with van der Waals surface area (Å²) < 4.78 is 41.7. The number of piperidine rings is 1. The summed E-state index contributed by atoms with van der Waals surface area (Å²) in [4.78, 5) is 23.7. The van der Waals surface area contributed by atoms with E-state index in [9.17, 15) is 23.2 Å². The molecule has 2 fully saturated rings. The standard InChI is InChI=1S/C21H23F3N6O/c22-21(23,24)16-12-30(11-15(16)10-29-7-1-2-14(9-29)20(26)31)17-4-3-13(8-25)18-19(17)28-6-5-27-18/h3-6,14-16H,1-2,7,9-12H2,(H2,26,31)/t14?,15-,16-/m0/s1. The molecule has 2 aliphatic heterocycles. The van der Waals surface area contributed by atoms with E-state index in [1.165, 1.54) is 12.4 Å². The van der Waals surface area contributed by atoms with E-state index in [1.54, 1.807) is 17.0 Å². The van der Waals surface area contributed by atoms with Gasteiger partial charge in [0.25, 0.3) is 0 Å². The Morgan fingerprint density at radius 1 is 1.19 bits per heavy atom. The Balaban J connectivity index is 1.60. The summed E-state index contributed by atoms with van der Waals surface area (Å²) in [5.74, 6) is -2.85. The minimum Gasteiger partial charge on any atom is -0.369 e. The highest BCUT2D eigenvalue weighted by molar-refractivity contribution is 5.92. The Labute approximate surface area is 177 Å². The first kappa shape index (κ1) is 21.3. The molecule has 0 bridgehead atoms. The number of likely N-dealkylation sites (tertiary alicyclic amines) is 1. The number of nitriles is 1. The van der Waals surface area contributed by atoms with E-state index in [-0.39, 0.29) is 25.6 Å². The number of carbonyl (C=O) groups is 1. The second-order valence-corrected chi connectivity index (χ2v) is 8.31. The third-order valence-electron chi connectivity index (χ3n) is 6.33. The zero-order valence-electron chi connectivity index (χ0n) is 16.8. The number of primary amides is 1. The number of benzene rings is 1. The van der Waals surface area contributed by atoms with E-state index in [0.29, 0.717) is 41.8 Å². The summed E-state index contributed by atoms with van der Waals surface area (Å²) in [5.41, 5.74) is 7.11. The van der Waals surface area contributed by atoms with Crippen LogP contribution in [0.5, 0.6) is 0 Å². The van der Waals surface area contributed by atoms with Crippen molar-refractivity contribution >= 4 is 22.6 Å². The maximum Gasteiger partial charge on any atom is 0.393 e. The van der Waals surface area contributed by atoms with E-state index >= 15 is 0 Å². The first-order valence-corrected chi connectivity index (χ1v) is 10.2. The molecule has 2 aliphatic rings. The highest BCUT2D eigenvalue weighted by atomic mass is 19.4. The minimum atomic E-state index is -4.34. The number of amides is 1. The van der Waals surface area contributed by atoms with Gasteiger partial charge in [0.05, 0.1) is 23.1 Å². The highest BCUT2D eigenvalue weighted by Gasteiger charge is 2.50. The molecule has 0 radical (unpaired) electrons. The van der Waals surface area contributed by atoms with Crippen molar-refractivity contribution in [3.8, 4) is 6.07 Å². The molecule has 164 valence electrons. The largest absolute Gasteiger partial charge is 0.393 e. The van der Waals surface area contributed by atoms with Gasteiger partial charge in [-0.3, -0.25) is 14.8 Å². The molecule has 31 heavy (non-hydrogen) atoms.